The highest BCUT2D eigenvalue weighted by atomic mass is 16.5. The van der Waals surface area contributed by atoms with Crippen LogP contribution in [-0.4, -0.2) is 19.3 Å². The Balaban J connectivity index is 2.48. The summed E-state index contributed by atoms with van der Waals surface area (Å²) < 4.78 is 10.2. The van der Waals surface area contributed by atoms with Gasteiger partial charge < -0.3 is 20.3 Å². The van der Waals surface area contributed by atoms with E-state index in [0.717, 1.165) is 18.4 Å². The van der Waals surface area contributed by atoms with Gasteiger partial charge in [-0.3, -0.25) is 0 Å². The molecule has 0 heterocycles. The van der Waals surface area contributed by atoms with E-state index in [1.165, 1.54) is 14.2 Å². The molecule has 0 aliphatic heterocycles. The summed E-state index contributed by atoms with van der Waals surface area (Å²) in [5.41, 5.74) is 6.66. The Kier molecular flexibility index (Phi) is 2.23. The van der Waals surface area contributed by atoms with E-state index in [0.29, 0.717) is 11.5 Å². The summed E-state index contributed by atoms with van der Waals surface area (Å²) in [5.74, 6) is 0.943. The third-order valence-electron chi connectivity index (χ3n) is 2.82. The fourth-order valence-electron chi connectivity index (χ4n) is 1.66. The Morgan fingerprint density at radius 3 is 2.40 bits per heavy atom. The van der Waals surface area contributed by atoms with Crippen LogP contribution in [0.4, 0.5) is 0 Å². The third-order valence-corrected chi connectivity index (χ3v) is 2.82. The minimum atomic E-state index is -0.281. The first-order valence-electron chi connectivity index (χ1n) is 4.85. The van der Waals surface area contributed by atoms with Gasteiger partial charge in [0.05, 0.1) is 14.2 Å². The highest BCUT2D eigenvalue weighted by Crippen LogP contribution is 2.47. The summed E-state index contributed by atoms with van der Waals surface area (Å²) >= 11 is 0. The van der Waals surface area contributed by atoms with E-state index in [1.807, 2.05) is 6.07 Å². The molecule has 3 N–H and O–H groups in total. The molecule has 1 aliphatic rings. The van der Waals surface area contributed by atoms with Gasteiger partial charge in [-0.25, -0.2) is 0 Å². The average molecular weight is 209 g/mol. The van der Waals surface area contributed by atoms with E-state index in [9.17, 15) is 5.11 Å². The number of nitrogens with two attached hydrogens (primary N) is 1. The van der Waals surface area contributed by atoms with Gasteiger partial charge in [-0.1, -0.05) is 0 Å². The Morgan fingerprint density at radius 2 is 1.93 bits per heavy atom. The maximum absolute atomic E-state index is 9.73. The van der Waals surface area contributed by atoms with E-state index in [-0.39, 0.29) is 11.3 Å². The molecule has 2 rings (SSSR count). The number of aromatic hydroxyl groups is 1. The number of phenolic OH excluding ortho intramolecular Hbond substituents is 1. The monoisotopic (exact) mass is 209 g/mol. The van der Waals surface area contributed by atoms with Crippen molar-refractivity contribution in [1.82, 2.24) is 0 Å². The first-order valence-corrected chi connectivity index (χ1v) is 4.85. The summed E-state index contributed by atoms with van der Waals surface area (Å²) in [6.07, 6.45) is 1.89. The lowest BCUT2D eigenvalue weighted by Crippen LogP contribution is -2.18. The first-order chi connectivity index (χ1) is 7.10. The van der Waals surface area contributed by atoms with Crippen LogP contribution in [0, 0.1) is 0 Å². The molecule has 0 radical (unpaired) electrons. The Bertz CT molecular complexity index is 386. The van der Waals surface area contributed by atoms with Crippen LogP contribution in [0.25, 0.3) is 0 Å². The molecule has 4 heteroatoms. The first kappa shape index (κ1) is 10.1. The third kappa shape index (κ3) is 1.61. The normalized spacial score (nSPS) is 17.3. The van der Waals surface area contributed by atoms with Crippen LogP contribution in [0.3, 0.4) is 0 Å². The molecule has 0 aromatic heterocycles. The van der Waals surface area contributed by atoms with E-state index >= 15 is 0 Å². The number of rotatable bonds is 3. The molecule has 1 saturated carbocycles. The number of ether oxygens (including phenoxy) is 2. The smallest absolute Gasteiger partial charge is 0.203 e. The van der Waals surface area contributed by atoms with E-state index in [4.69, 9.17) is 15.2 Å². The zero-order valence-electron chi connectivity index (χ0n) is 8.91. The molecule has 0 amide bonds. The van der Waals surface area contributed by atoms with Gasteiger partial charge >= 0.3 is 0 Å². The van der Waals surface area contributed by atoms with Crippen LogP contribution < -0.4 is 15.2 Å². The second-order valence-electron chi connectivity index (χ2n) is 3.89. The van der Waals surface area contributed by atoms with Crippen molar-refractivity contribution >= 4 is 0 Å². The number of phenols is 1. The average Bonchev–Trinajstić information content (AvgIpc) is 2.96. The molecule has 82 valence electrons. The van der Waals surface area contributed by atoms with Crippen LogP contribution >= 0.6 is 0 Å². The van der Waals surface area contributed by atoms with Crippen LogP contribution in [0.1, 0.15) is 18.4 Å². The molecule has 0 unspecified atom stereocenters. The number of hydrogen-bond acceptors (Lipinski definition) is 4. The van der Waals surface area contributed by atoms with Gasteiger partial charge in [0.15, 0.2) is 11.5 Å². The fourth-order valence-corrected chi connectivity index (χ4v) is 1.66. The van der Waals surface area contributed by atoms with Crippen molar-refractivity contribution in [2.24, 2.45) is 5.73 Å². The van der Waals surface area contributed by atoms with Gasteiger partial charge in [-0.15, -0.1) is 0 Å². The molecule has 0 saturated heterocycles. The van der Waals surface area contributed by atoms with Gasteiger partial charge in [-0.2, -0.15) is 0 Å². The lowest BCUT2D eigenvalue weighted by atomic mass is 10.0. The minimum absolute atomic E-state index is 0.0728. The molecule has 1 aliphatic carbocycles. The van der Waals surface area contributed by atoms with Gasteiger partial charge in [0.2, 0.25) is 5.75 Å². The van der Waals surface area contributed by atoms with Crippen molar-refractivity contribution < 1.29 is 14.6 Å². The fraction of sp³-hybridized carbons (Fsp3) is 0.455. The lowest BCUT2D eigenvalue weighted by Gasteiger charge is -2.14. The van der Waals surface area contributed by atoms with Crippen LogP contribution in [0.15, 0.2) is 12.1 Å². The van der Waals surface area contributed by atoms with Crippen molar-refractivity contribution in [1.29, 1.82) is 0 Å². The van der Waals surface area contributed by atoms with E-state index < -0.39 is 0 Å². The van der Waals surface area contributed by atoms with Crippen molar-refractivity contribution in [2.75, 3.05) is 14.2 Å². The zero-order valence-corrected chi connectivity index (χ0v) is 8.91. The molecule has 4 nitrogen and oxygen atoms in total. The lowest BCUT2D eigenvalue weighted by molar-refractivity contribution is 0.332. The second kappa shape index (κ2) is 3.31. The van der Waals surface area contributed by atoms with Gasteiger partial charge in [0, 0.05) is 5.54 Å². The number of hydrogen-bond donors (Lipinski definition) is 2. The molecule has 0 spiro atoms. The molecule has 1 aromatic rings. The van der Waals surface area contributed by atoms with Gasteiger partial charge in [0.1, 0.15) is 0 Å². The predicted octanol–water partition coefficient (Wildman–Crippen LogP) is 1.36. The predicted molar refractivity (Wildman–Crippen MR) is 56.3 cm³/mol. The van der Waals surface area contributed by atoms with Crippen molar-refractivity contribution in [3.8, 4) is 17.2 Å². The summed E-state index contributed by atoms with van der Waals surface area (Å²) in [5, 5.41) is 9.73. The highest BCUT2D eigenvalue weighted by Gasteiger charge is 2.41. The minimum Gasteiger partial charge on any atom is -0.504 e. The molecule has 0 bridgehead atoms. The Morgan fingerprint density at radius 1 is 1.27 bits per heavy atom. The van der Waals surface area contributed by atoms with Crippen LogP contribution in [0.5, 0.6) is 17.2 Å². The topological polar surface area (TPSA) is 64.7 Å². The maximum atomic E-state index is 9.73. The highest BCUT2D eigenvalue weighted by molar-refractivity contribution is 5.55. The number of benzene rings is 1. The quantitative estimate of drug-likeness (QED) is 0.788. The summed E-state index contributed by atoms with van der Waals surface area (Å²) in [4.78, 5) is 0. The summed E-state index contributed by atoms with van der Waals surface area (Å²) in [6.45, 7) is 0. The second-order valence-corrected chi connectivity index (χ2v) is 3.89. The van der Waals surface area contributed by atoms with E-state index in [2.05, 4.69) is 0 Å². The SMILES string of the molecule is COc1cc(C2(N)CC2)cc(O)c1OC. The zero-order chi connectivity index (χ0) is 11.1. The van der Waals surface area contributed by atoms with Crippen molar-refractivity contribution in [3.05, 3.63) is 17.7 Å². The summed E-state index contributed by atoms with van der Waals surface area (Å²) in [6, 6.07) is 3.47. The Labute approximate surface area is 88.6 Å². The molecule has 0 atom stereocenters. The molecule has 1 aromatic carbocycles. The summed E-state index contributed by atoms with van der Waals surface area (Å²) in [7, 11) is 3.03. The van der Waals surface area contributed by atoms with Crippen molar-refractivity contribution in [3.63, 3.8) is 0 Å². The standard InChI is InChI=1S/C11H15NO3/c1-14-9-6-7(11(12)3-4-11)5-8(13)10(9)15-2/h5-6,13H,3-4,12H2,1-2H3. The maximum Gasteiger partial charge on any atom is 0.203 e. The van der Waals surface area contributed by atoms with Crippen molar-refractivity contribution in [2.45, 2.75) is 18.4 Å². The molecular formula is C11H15NO3. The molecular weight excluding hydrogens is 194 g/mol. The Hall–Kier alpha value is -1.42. The van der Waals surface area contributed by atoms with E-state index in [1.54, 1.807) is 6.07 Å². The van der Waals surface area contributed by atoms with Gasteiger partial charge in [0.25, 0.3) is 0 Å². The van der Waals surface area contributed by atoms with Gasteiger partial charge in [-0.05, 0) is 30.5 Å². The molecule has 15 heavy (non-hydrogen) atoms. The number of methoxy groups -OCH3 is 2. The molecule has 1 fully saturated rings. The van der Waals surface area contributed by atoms with Crippen LogP contribution in [-0.2, 0) is 5.54 Å². The largest absolute Gasteiger partial charge is 0.504 e. The van der Waals surface area contributed by atoms with Crippen LogP contribution in [0.2, 0.25) is 0 Å².